The summed E-state index contributed by atoms with van der Waals surface area (Å²) in [4.78, 5) is 31.7. The van der Waals surface area contributed by atoms with Crippen LogP contribution in [-0.2, 0) is 0 Å². The molecule has 0 saturated carbocycles. The first-order chi connectivity index (χ1) is 13.5. The Morgan fingerprint density at radius 3 is 2.57 bits per heavy atom. The van der Waals surface area contributed by atoms with Gasteiger partial charge in [0.25, 0.3) is 11.2 Å². The van der Waals surface area contributed by atoms with E-state index in [1.807, 2.05) is 25.1 Å². The molecule has 0 aliphatic heterocycles. The van der Waals surface area contributed by atoms with E-state index in [1.165, 1.54) is 22.7 Å². The molecule has 0 saturated heterocycles. The number of aromatic nitrogens is 4. The number of non-ortho nitro benzene ring substituents is 1. The molecule has 8 nitrogen and oxygen atoms in total. The summed E-state index contributed by atoms with van der Waals surface area (Å²) in [5.41, 5.74) is 3.11. The minimum Gasteiger partial charge on any atom is -0.267 e. The summed E-state index contributed by atoms with van der Waals surface area (Å²) in [6.07, 6.45) is 7.01. The highest BCUT2D eigenvalue weighted by Crippen LogP contribution is 2.18. The van der Waals surface area contributed by atoms with Crippen molar-refractivity contribution in [1.82, 2.24) is 19.2 Å². The minimum absolute atomic E-state index is 0.00818. The van der Waals surface area contributed by atoms with E-state index in [0.717, 1.165) is 11.3 Å². The number of benzene rings is 1. The zero-order valence-electron chi connectivity index (χ0n) is 14.9. The highest BCUT2D eigenvalue weighted by molar-refractivity contribution is 5.68. The fourth-order valence-electron chi connectivity index (χ4n) is 2.99. The van der Waals surface area contributed by atoms with Gasteiger partial charge in [0.05, 0.1) is 16.3 Å². The Hall–Kier alpha value is -4.07. The Kier molecular flexibility index (Phi) is 4.29. The molecule has 0 aliphatic rings. The maximum atomic E-state index is 12.7. The first kappa shape index (κ1) is 17.3. The van der Waals surface area contributed by atoms with Gasteiger partial charge in [-0.05, 0) is 36.8 Å². The van der Waals surface area contributed by atoms with Crippen molar-refractivity contribution in [1.29, 1.82) is 0 Å². The van der Waals surface area contributed by atoms with Gasteiger partial charge in [-0.3, -0.25) is 19.9 Å². The predicted molar refractivity (Wildman–Crippen MR) is 105 cm³/mol. The molecule has 138 valence electrons. The predicted octanol–water partition coefficient (Wildman–Crippen LogP) is 3.27. The highest BCUT2D eigenvalue weighted by atomic mass is 16.6. The third kappa shape index (κ3) is 3.18. The Morgan fingerprint density at radius 1 is 1.11 bits per heavy atom. The first-order valence-electron chi connectivity index (χ1n) is 8.48. The highest BCUT2D eigenvalue weighted by Gasteiger charge is 2.12. The van der Waals surface area contributed by atoms with Crippen LogP contribution in [0.25, 0.3) is 23.5 Å². The fraction of sp³-hybridized carbons (Fsp3) is 0.0500. The Balaban J connectivity index is 1.78. The van der Waals surface area contributed by atoms with Crippen LogP contribution in [0, 0.1) is 17.0 Å². The van der Waals surface area contributed by atoms with Gasteiger partial charge in [-0.2, -0.15) is 4.52 Å². The van der Waals surface area contributed by atoms with Crippen LogP contribution in [0.15, 0.2) is 65.7 Å². The lowest BCUT2D eigenvalue weighted by molar-refractivity contribution is -0.384. The number of pyridine rings is 1. The van der Waals surface area contributed by atoms with Crippen molar-refractivity contribution < 1.29 is 4.92 Å². The topological polar surface area (TPSA) is 95.3 Å². The van der Waals surface area contributed by atoms with Crippen LogP contribution in [0.4, 0.5) is 5.69 Å². The van der Waals surface area contributed by atoms with Gasteiger partial charge in [0.15, 0.2) is 5.65 Å². The summed E-state index contributed by atoms with van der Waals surface area (Å²) in [6, 6.07) is 13.0. The lowest BCUT2D eigenvalue weighted by Gasteiger charge is -2.08. The average Bonchev–Trinajstić information content (AvgIpc) is 3.03. The molecule has 4 aromatic rings. The van der Waals surface area contributed by atoms with Gasteiger partial charge in [-0.25, -0.2) is 9.67 Å². The second kappa shape index (κ2) is 6.92. The smallest absolute Gasteiger partial charge is 0.267 e. The number of hydrogen-bond donors (Lipinski definition) is 0. The first-order valence-corrected chi connectivity index (χ1v) is 8.48. The number of hydrogen-bond acceptors (Lipinski definition) is 5. The number of rotatable bonds is 4. The van der Waals surface area contributed by atoms with E-state index in [0.29, 0.717) is 17.0 Å². The van der Waals surface area contributed by atoms with E-state index >= 15 is 0 Å². The molecule has 28 heavy (non-hydrogen) atoms. The zero-order valence-corrected chi connectivity index (χ0v) is 14.9. The van der Waals surface area contributed by atoms with Crippen molar-refractivity contribution >= 4 is 23.5 Å². The molecule has 4 rings (SSSR count). The number of nitrogens with zero attached hydrogens (tertiary/aromatic N) is 5. The number of nitro benzene ring substituents is 1. The summed E-state index contributed by atoms with van der Waals surface area (Å²) in [7, 11) is 0. The molecule has 8 heteroatoms. The zero-order chi connectivity index (χ0) is 19.7. The van der Waals surface area contributed by atoms with Crippen LogP contribution >= 0.6 is 0 Å². The van der Waals surface area contributed by atoms with Gasteiger partial charge >= 0.3 is 0 Å². The summed E-state index contributed by atoms with van der Waals surface area (Å²) < 4.78 is 3.13. The molecule has 0 unspecified atom stereocenters. The molecule has 3 aromatic heterocycles. The fourth-order valence-corrected chi connectivity index (χ4v) is 2.99. The molecule has 0 amide bonds. The molecule has 0 N–H and O–H groups in total. The molecular weight excluding hydrogens is 358 g/mol. The van der Waals surface area contributed by atoms with E-state index in [9.17, 15) is 14.9 Å². The normalized spacial score (nSPS) is 11.3. The Labute approximate surface area is 159 Å². The molecule has 0 radical (unpaired) electrons. The molecular formula is C20H15N5O3. The molecule has 0 bridgehead atoms. The standard InChI is InChI=1S/C20H15N5O3/c1-14-11-19-22-16(5-4-15-3-2-10-21-13-15)12-20(26)24(19)23(14)17-6-8-18(9-7-17)25(27)28/h2-13H,1H3. The van der Waals surface area contributed by atoms with Crippen molar-refractivity contribution in [2.75, 3.05) is 0 Å². The van der Waals surface area contributed by atoms with E-state index < -0.39 is 4.92 Å². The SMILES string of the molecule is Cc1cc2nc(C=Cc3cccnc3)cc(=O)n2n1-c1ccc([N+](=O)[O-])cc1. The molecule has 3 heterocycles. The van der Waals surface area contributed by atoms with Crippen LogP contribution < -0.4 is 5.56 Å². The Morgan fingerprint density at radius 2 is 1.89 bits per heavy atom. The lowest BCUT2D eigenvalue weighted by atomic mass is 10.2. The van der Waals surface area contributed by atoms with Crippen LogP contribution in [0.5, 0.6) is 0 Å². The van der Waals surface area contributed by atoms with Gasteiger partial charge in [-0.15, -0.1) is 0 Å². The van der Waals surface area contributed by atoms with Crippen molar-refractivity contribution in [3.8, 4) is 5.69 Å². The van der Waals surface area contributed by atoms with Crippen LogP contribution in [0.3, 0.4) is 0 Å². The van der Waals surface area contributed by atoms with E-state index in [4.69, 9.17) is 0 Å². The van der Waals surface area contributed by atoms with Crippen molar-refractivity contribution in [3.05, 3.63) is 98.3 Å². The van der Waals surface area contributed by atoms with E-state index in [2.05, 4.69) is 9.97 Å². The van der Waals surface area contributed by atoms with E-state index in [1.54, 1.807) is 41.4 Å². The largest absolute Gasteiger partial charge is 0.273 e. The number of fused-ring (bicyclic) bond motifs is 1. The monoisotopic (exact) mass is 373 g/mol. The van der Waals surface area contributed by atoms with Crippen molar-refractivity contribution in [2.24, 2.45) is 0 Å². The van der Waals surface area contributed by atoms with E-state index in [-0.39, 0.29) is 11.2 Å². The van der Waals surface area contributed by atoms with Gasteiger partial charge in [0.2, 0.25) is 0 Å². The van der Waals surface area contributed by atoms with Crippen molar-refractivity contribution in [3.63, 3.8) is 0 Å². The molecule has 0 atom stereocenters. The third-order valence-corrected chi connectivity index (χ3v) is 4.25. The molecule has 0 fully saturated rings. The maximum Gasteiger partial charge on any atom is 0.273 e. The second-order valence-corrected chi connectivity index (χ2v) is 6.18. The van der Waals surface area contributed by atoms with Gasteiger partial charge in [-0.1, -0.05) is 12.1 Å². The lowest BCUT2D eigenvalue weighted by Crippen LogP contribution is -2.20. The molecule has 1 aromatic carbocycles. The van der Waals surface area contributed by atoms with Crippen molar-refractivity contribution in [2.45, 2.75) is 6.92 Å². The number of nitro groups is 1. The van der Waals surface area contributed by atoms with Gasteiger partial charge in [0.1, 0.15) is 0 Å². The van der Waals surface area contributed by atoms with Crippen LogP contribution in [-0.4, -0.2) is 24.1 Å². The quantitative estimate of drug-likeness (QED) is 0.404. The molecule has 0 spiro atoms. The third-order valence-electron chi connectivity index (χ3n) is 4.25. The van der Waals surface area contributed by atoms with Gasteiger partial charge in [0, 0.05) is 42.4 Å². The average molecular weight is 373 g/mol. The van der Waals surface area contributed by atoms with Gasteiger partial charge < -0.3 is 0 Å². The summed E-state index contributed by atoms with van der Waals surface area (Å²) in [6.45, 7) is 1.85. The summed E-state index contributed by atoms with van der Waals surface area (Å²) in [5.74, 6) is 0. The summed E-state index contributed by atoms with van der Waals surface area (Å²) in [5, 5.41) is 10.9. The summed E-state index contributed by atoms with van der Waals surface area (Å²) >= 11 is 0. The Bertz CT molecular complexity index is 1250. The van der Waals surface area contributed by atoms with Crippen LogP contribution in [0.1, 0.15) is 17.0 Å². The second-order valence-electron chi connectivity index (χ2n) is 6.18. The molecule has 0 aliphatic carbocycles. The van der Waals surface area contributed by atoms with Crippen LogP contribution in [0.2, 0.25) is 0 Å². The number of aryl methyl sites for hydroxylation is 1. The maximum absolute atomic E-state index is 12.7. The minimum atomic E-state index is -0.459.